The average molecular weight is 241 g/mol. The van der Waals surface area contributed by atoms with Gasteiger partial charge < -0.3 is 15.1 Å². The van der Waals surface area contributed by atoms with Crippen molar-refractivity contribution in [2.24, 2.45) is 0 Å². The van der Waals surface area contributed by atoms with Crippen LogP contribution < -0.4 is 4.90 Å². The van der Waals surface area contributed by atoms with Crippen LogP contribution in [0, 0.1) is 5.82 Å². The fraction of sp³-hybridized carbons (Fsp3) is 0.538. The summed E-state index contributed by atoms with van der Waals surface area (Å²) >= 11 is 0. The fourth-order valence-electron chi connectivity index (χ4n) is 1.93. The maximum atomic E-state index is 13.7. The fourth-order valence-corrected chi connectivity index (χ4v) is 1.93. The van der Waals surface area contributed by atoms with Crippen molar-refractivity contribution in [3.63, 3.8) is 0 Å². The minimum absolute atomic E-state index is 0.107. The van der Waals surface area contributed by atoms with Gasteiger partial charge in [-0.15, -0.1) is 0 Å². The molecule has 2 N–H and O–H groups in total. The predicted molar refractivity (Wildman–Crippen MR) is 66.6 cm³/mol. The summed E-state index contributed by atoms with van der Waals surface area (Å²) in [6, 6.07) is 4.79. The van der Waals surface area contributed by atoms with Crippen LogP contribution in [-0.4, -0.2) is 29.9 Å². The summed E-state index contributed by atoms with van der Waals surface area (Å²) in [6.45, 7) is 4.99. The van der Waals surface area contributed by atoms with E-state index in [4.69, 9.17) is 5.11 Å². The Hall–Kier alpha value is -1.13. The summed E-state index contributed by atoms with van der Waals surface area (Å²) in [5.41, 5.74) is 1.03. The van der Waals surface area contributed by atoms with Gasteiger partial charge in [0.25, 0.3) is 0 Å². The van der Waals surface area contributed by atoms with E-state index in [0.29, 0.717) is 30.8 Å². The van der Waals surface area contributed by atoms with Crippen LogP contribution in [0.25, 0.3) is 0 Å². The SMILES string of the molecule is CCN(CCCO)c1cccc(F)c1[C@H](C)O. The molecule has 0 spiro atoms. The summed E-state index contributed by atoms with van der Waals surface area (Å²) < 4.78 is 13.7. The molecule has 17 heavy (non-hydrogen) atoms. The molecule has 0 bridgehead atoms. The first-order valence-corrected chi connectivity index (χ1v) is 5.94. The van der Waals surface area contributed by atoms with E-state index in [1.54, 1.807) is 19.1 Å². The second-order valence-electron chi connectivity index (χ2n) is 4.01. The lowest BCUT2D eigenvalue weighted by molar-refractivity contribution is 0.194. The third-order valence-corrected chi connectivity index (χ3v) is 2.76. The lowest BCUT2D eigenvalue weighted by Gasteiger charge is -2.26. The molecule has 1 aromatic carbocycles. The van der Waals surface area contributed by atoms with E-state index in [2.05, 4.69) is 0 Å². The molecule has 3 nitrogen and oxygen atoms in total. The van der Waals surface area contributed by atoms with E-state index in [1.807, 2.05) is 11.8 Å². The lowest BCUT2D eigenvalue weighted by atomic mass is 10.1. The zero-order valence-corrected chi connectivity index (χ0v) is 10.4. The van der Waals surface area contributed by atoms with Gasteiger partial charge in [0, 0.05) is 30.9 Å². The molecule has 0 fully saturated rings. The largest absolute Gasteiger partial charge is 0.396 e. The average Bonchev–Trinajstić information content (AvgIpc) is 2.29. The molecule has 0 amide bonds. The molecule has 0 radical (unpaired) electrons. The number of aliphatic hydroxyl groups excluding tert-OH is 2. The molecule has 1 rings (SSSR count). The second kappa shape index (κ2) is 6.57. The number of rotatable bonds is 6. The van der Waals surface area contributed by atoms with Crippen LogP contribution in [0.4, 0.5) is 10.1 Å². The summed E-state index contributed by atoms with van der Waals surface area (Å²) in [5.74, 6) is -0.389. The maximum absolute atomic E-state index is 13.7. The highest BCUT2D eigenvalue weighted by Gasteiger charge is 2.17. The van der Waals surface area contributed by atoms with E-state index in [1.165, 1.54) is 6.07 Å². The number of hydrogen-bond acceptors (Lipinski definition) is 3. The van der Waals surface area contributed by atoms with Crippen LogP contribution in [0.2, 0.25) is 0 Å². The molecule has 0 saturated heterocycles. The van der Waals surface area contributed by atoms with Crippen LogP contribution in [0.15, 0.2) is 18.2 Å². The molecular formula is C13H20FNO2. The first kappa shape index (κ1) is 13.9. The standard InChI is InChI=1S/C13H20FNO2/c1-3-15(8-5-9-16)12-7-4-6-11(14)13(12)10(2)17/h4,6-7,10,16-17H,3,5,8-9H2,1-2H3/t10-/m0/s1. The van der Waals surface area contributed by atoms with Gasteiger partial charge in [0.2, 0.25) is 0 Å². The monoisotopic (exact) mass is 241 g/mol. The van der Waals surface area contributed by atoms with Gasteiger partial charge in [-0.2, -0.15) is 0 Å². The van der Waals surface area contributed by atoms with Crippen molar-refractivity contribution in [1.29, 1.82) is 0 Å². The van der Waals surface area contributed by atoms with E-state index < -0.39 is 6.10 Å². The van der Waals surface area contributed by atoms with Crippen molar-refractivity contribution in [3.05, 3.63) is 29.6 Å². The maximum Gasteiger partial charge on any atom is 0.131 e. The molecule has 0 aliphatic carbocycles. The zero-order chi connectivity index (χ0) is 12.8. The van der Waals surface area contributed by atoms with Crippen molar-refractivity contribution < 1.29 is 14.6 Å². The molecular weight excluding hydrogens is 221 g/mol. The minimum Gasteiger partial charge on any atom is -0.396 e. The van der Waals surface area contributed by atoms with Gasteiger partial charge in [-0.25, -0.2) is 4.39 Å². The second-order valence-corrected chi connectivity index (χ2v) is 4.01. The Morgan fingerprint density at radius 2 is 2.12 bits per heavy atom. The van der Waals surface area contributed by atoms with Crippen molar-refractivity contribution in [2.75, 3.05) is 24.6 Å². The molecule has 0 aliphatic heterocycles. The number of hydrogen-bond donors (Lipinski definition) is 2. The Morgan fingerprint density at radius 3 is 2.65 bits per heavy atom. The molecule has 1 aromatic rings. The number of aliphatic hydroxyl groups is 2. The number of halogens is 1. The molecule has 0 aromatic heterocycles. The summed E-state index contributed by atoms with van der Waals surface area (Å²) in [5, 5.41) is 18.5. The molecule has 96 valence electrons. The van der Waals surface area contributed by atoms with Crippen LogP contribution >= 0.6 is 0 Å². The van der Waals surface area contributed by atoms with Crippen LogP contribution in [0.3, 0.4) is 0 Å². The van der Waals surface area contributed by atoms with Crippen molar-refractivity contribution in [1.82, 2.24) is 0 Å². The molecule has 1 atom stereocenters. The van der Waals surface area contributed by atoms with Crippen LogP contribution in [-0.2, 0) is 0 Å². The summed E-state index contributed by atoms with van der Waals surface area (Å²) in [4.78, 5) is 1.96. The number of benzene rings is 1. The molecule has 0 heterocycles. The predicted octanol–water partition coefficient (Wildman–Crippen LogP) is 2.09. The Kier molecular flexibility index (Phi) is 5.38. The van der Waals surface area contributed by atoms with Crippen molar-refractivity contribution >= 4 is 5.69 Å². The van der Waals surface area contributed by atoms with E-state index in [0.717, 1.165) is 0 Å². The van der Waals surface area contributed by atoms with Gasteiger partial charge >= 0.3 is 0 Å². The van der Waals surface area contributed by atoms with Crippen molar-refractivity contribution in [2.45, 2.75) is 26.4 Å². The van der Waals surface area contributed by atoms with E-state index in [9.17, 15) is 9.50 Å². The Labute approximate surface area is 101 Å². The first-order valence-electron chi connectivity index (χ1n) is 5.94. The van der Waals surface area contributed by atoms with E-state index in [-0.39, 0.29) is 12.4 Å². The van der Waals surface area contributed by atoms with Gasteiger partial charge in [0.1, 0.15) is 5.82 Å². The highest BCUT2D eigenvalue weighted by atomic mass is 19.1. The third kappa shape index (κ3) is 3.41. The van der Waals surface area contributed by atoms with Gasteiger partial charge in [-0.05, 0) is 32.4 Å². The molecule has 0 saturated carbocycles. The van der Waals surface area contributed by atoms with Crippen molar-refractivity contribution in [3.8, 4) is 0 Å². The molecule has 0 unspecified atom stereocenters. The first-order chi connectivity index (χ1) is 8.11. The van der Waals surface area contributed by atoms with Crippen LogP contribution in [0.5, 0.6) is 0 Å². The van der Waals surface area contributed by atoms with Crippen LogP contribution in [0.1, 0.15) is 31.9 Å². The Balaban J connectivity index is 3.05. The lowest BCUT2D eigenvalue weighted by Crippen LogP contribution is -2.26. The number of anilines is 1. The highest BCUT2D eigenvalue weighted by Crippen LogP contribution is 2.28. The third-order valence-electron chi connectivity index (χ3n) is 2.76. The summed E-state index contributed by atoms with van der Waals surface area (Å²) in [7, 11) is 0. The van der Waals surface area contributed by atoms with Gasteiger partial charge in [0.05, 0.1) is 6.10 Å². The molecule has 0 aliphatic rings. The number of nitrogens with zero attached hydrogens (tertiary/aromatic N) is 1. The topological polar surface area (TPSA) is 43.7 Å². The van der Waals surface area contributed by atoms with Gasteiger partial charge in [-0.1, -0.05) is 6.07 Å². The minimum atomic E-state index is -0.839. The Morgan fingerprint density at radius 1 is 1.41 bits per heavy atom. The smallest absolute Gasteiger partial charge is 0.131 e. The van der Waals surface area contributed by atoms with Gasteiger partial charge in [0.15, 0.2) is 0 Å². The Bertz CT molecular complexity index is 355. The normalized spacial score (nSPS) is 12.5. The highest BCUT2D eigenvalue weighted by molar-refractivity contribution is 5.55. The quantitative estimate of drug-likeness (QED) is 0.801. The van der Waals surface area contributed by atoms with Gasteiger partial charge in [-0.3, -0.25) is 0 Å². The molecule has 4 heteroatoms. The summed E-state index contributed by atoms with van der Waals surface area (Å²) in [6.07, 6.45) is -0.210. The zero-order valence-electron chi connectivity index (χ0n) is 10.4. The van der Waals surface area contributed by atoms with E-state index >= 15 is 0 Å².